The van der Waals surface area contributed by atoms with Crippen LogP contribution in [0, 0.1) is 35.6 Å². The quantitative estimate of drug-likeness (QED) is 0.126. The summed E-state index contributed by atoms with van der Waals surface area (Å²) in [6.07, 6.45) is 3.15. The van der Waals surface area contributed by atoms with Crippen LogP contribution in [-0.4, -0.2) is 119 Å². The molecule has 2 aromatic heterocycles. The minimum absolute atomic E-state index is 0.00243. The highest BCUT2D eigenvalue weighted by Gasteiger charge is 2.57. The van der Waals surface area contributed by atoms with Crippen molar-refractivity contribution in [3.8, 4) is 33.6 Å². The van der Waals surface area contributed by atoms with Crippen LogP contribution in [0.1, 0.15) is 82.5 Å². The van der Waals surface area contributed by atoms with Crippen molar-refractivity contribution in [1.82, 2.24) is 40.4 Å². The van der Waals surface area contributed by atoms with Gasteiger partial charge in [0.05, 0.1) is 26.3 Å². The van der Waals surface area contributed by atoms with Crippen molar-refractivity contribution in [2.45, 2.75) is 95.0 Å². The molecule has 65 heavy (non-hydrogen) atoms. The number of aromatic amines is 2. The maximum Gasteiger partial charge on any atom is 0.407 e. The van der Waals surface area contributed by atoms with E-state index >= 15 is 8.78 Å². The fraction of sp³-hybridized carbons (Fsp3) is 0.532. The second-order valence-electron chi connectivity index (χ2n) is 18.1. The Hall–Kier alpha value is -5.88. The Labute approximate surface area is 375 Å². The van der Waals surface area contributed by atoms with Crippen LogP contribution in [0.3, 0.4) is 0 Å². The van der Waals surface area contributed by atoms with Crippen LogP contribution in [0.4, 0.5) is 18.4 Å². The topological polar surface area (TPSA) is 193 Å². The van der Waals surface area contributed by atoms with E-state index in [1.807, 2.05) is 38.1 Å². The van der Waals surface area contributed by atoms with Gasteiger partial charge in [-0.1, -0.05) is 55.5 Å². The lowest BCUT2D eigenvalue weighted by Crippen LogP contribution is -2.54. The molecule has 1 aliphatic carbocycles. The minimum atomic E-state index is -0.830. The van der Waals surface area contributed by atoms with Crippen LogP contribution in [-0.2, 0) is 28.5 Å². The summed E-state index contributed by atoms with van der Waals surface area (Å²) in [5.41, 5.74) is 3.03. The molecule has 4 N–H and O–H groups in total. The van der Waals surface area contributed by atoms with Crippen molar-refractivity contribution in [3.05, 3.63) is 72.1 Å². The first-order valence-corrected chi connectivity index (χ1v) is 22.6. The van der Waals surface area contributed by atoms with Crippen LogP contribution in [0.25, 0.3) is 33.6 Å². The number of carbonyl (C=O) groups excluding carboxylic acids is 4. The zero-order chi connectivity index (χ0) is 45.5. The zero-order valence-corrected chi connectivity index (χ0v) is 37.0. The first kappa shape index (κ1) is 44.3. The number of fused-ring (bicyclic) bond motifs is 1. The Morgan fingerprint density at radius 3 is 1.51 bits per heavy atom. The third-order valence-corrected chi connectivity index (χ3v) is 14.4. The van der Waals surface area contributed by atoms with Gasteiger partial charge in [-0.15, -0.1) is 0 Å². The standard InChI is InChI=1S/C47H56F2N8O8/c1-24-21-34(56(25(24)2)44(58)38(52-46(60)62-3)30-13-17-64-18-14-30)42-50-36(40(48)54-42)28-9-5-26(6-10-28)27-7-11-29(12-8-27)37-41(49)55-43(51-37)35-23-32-22-33(32)57(35)45(59)39(53-47(61)63-4)31-15-19-65-20-16-31/h5-12,24-25,30-35,38-39H,13-23H2,1-4H3,(H,50,54)(H,51,55)(H,52,60)(H,53,61)/t24-,25-,32?,33?,34+,35+,38+,39+/m1/s1. The number of methoxy groups -OCH3 is 2. The number of amides is 4. The molecule has 4 aromatic rings. The fourth-order valence-corrected chi connectivity index (χ4v) is 10.5. The third-order valence-electron chi connectivity index (χ3n) is 14.4. The predicted octanol–water partition coefficient (Wildman–Crippen LogP) is 6.67. The monoisotopic (exact) mass is 898 g/mol. The number of aromatic nitrogens is 4. The predicted molar refractivity (Wildman–Crippen MR) is 232 cm³/mol. The van der Waals surface area contributed by atoms with E-state index in [1.165, 1.54) is 14.2 Å². The minimum Gasteiger partial charge on any atom is -0.453 e. The van der Waals surface area contributed by atoms with E-state index < -0.39 is 48.2 Å². The first-order valence-electron chi connectivity index (χ1n) is 22.6. The molecule has 2 aromatic carbocycles. The molecular weight excluding hydrogens is 843 g/mol. The van der Waals surface area contributed by atoms with E-state index in [9.17, 15) is 19.2 Å². The lowest BCUT2D eigenvalue weighted by molar-refractivity contribution is -0.139. The average molecular weight is 899 g/mol. The van der Waals surface area contributed by atoms with Crippen LogP contribution in [0.15, 0.2) is 48.5 Å². The van der Waals surface area contributed by atoms with Gasteiger partial charge in [-0.25, -0.2) is 19.6 Å². The highest BCUT2D eigenvalue weighted by Crippen LogP contribution is 2.54. The van der Waals surface area contributed by atoms with E-state index in [1.54, 1.807) is 34.1 Å². The number of hydrogen-bond acceptors (Lipinski definition) is 10. The Balaban J connectivity index is 0.896. The van der Waals surface area contributed by atoms with Gasteiger partial charge in [0.2, 0.25) is 23.7 Å². The molecule has 0 radical (unpaired) electrons. The molecule has 5 fully saturated rings. The summed E-state index contributed by atoms with van der Waals surface area (Å²) in [6, 6.07) is 11.7. The summed E-state index contributed by atoms with van der Waals surface area (Å²) < 4.78 is 52.2. The number of nitrogens with zero attached hydrogens (tertiary/aromatic N) is 4. The lowest BCUT2D eigenvalue weighted by Gasteiger charge is -2.36. The van der Waals surface area contributed by atoms with E-state index in [0.29, 0.717) is 87.7 Å². The Morgan fingerprint density at radius 1 is 0.646 bits per heavy atom. The molecule has 18 heteroatoms. The van der Waals surface area contributed by atoms with Gasteiger partial charge in [0, 0.05) is 49.6 Å². The van der Waals surface area contributed by atoms with Crippen LogP contribution >= 0.6 is 0 Å². The summed E-state index contributed by atoms with van der Waals surface area (Å²) in [6.45, 7) is 5.98. The van der Waals surface area contributed by atoms with Gasteiger partial charge in [0.15, 0.2) is 0 Å². The van der Waals surface area contributed by atoms with Gasteiger partial charge in [0.25, 0.3) is 0 Å². The molecule has 9 rings (SSSR count). The van der Waals surface area contributed by atoms with Gasteiger partial charge in [-0.05, 0) is 86.7 Å². The molecular formula is C47H56F2N8O8. The highest BCUT2D eigenvalue weighted by atomic mass is 19.1. The van der Waals surface area contributed by atoms with Gasteiger partial charge < -0.3 is 49.3 Å². The second-order valence-corrected chi connectivity index (χ2v) is 18.1. The van der Waals surface area contributed by atoms with Gasteiger partial charge in [-0.3, -0.25) is 9.59 Å². The largest absolute Gasteiger partial charge is 0.453 e. The number of rotatable bonds is 11. The number of hydrogen-bond donors (Lipinski definition) is 4. The molecule has 16 nitrogen and oxygen atoms in total. The Bertz CT molecular complexity index is 2380. The molecule has 1 saturated carbocycles. The number of H-pyrrole nitrogens is 2. The van der Waals surface area contributed by atoms with E-state index in [-0.39, 0.29) is 59.0 Å². The number of nitrogens with one attached hydrogen (secondary N) is 4. The normalized spacial score (nSPS) is 25.4. The number of alkyl carbamates (subject to hydrolysis) is 2. The van der Waals surface area contributed by atoms with E-state index in [0.717, 1.165) is 17.5 Å². The maximum absolute atomic E-state index is 15.8. The molecule has 0 bridgehead atoms. The number of imidazole rings is 2. The molecule has 2 unspecified atom stereocenters. The van der Waals surface area contributed by atoms with Gasteiger partial charge in [0.1, 0.15) is 35.1 Å². The Morgan fingerprint density at radius 2 is 1.06 bits per heavy atom. The lowest BCUT2D eigenvalue weighted by atomic mass is 9.90. The van der Waals surface area contributed by atoms with Crippen LogP contribution in [0.2, 0.25) is 0 Å². The molecule has 0 spiro atoms. The highest BCUT2D eigenvalue weighted by molar-refractivity contribution is 5.88. The number of halogens is 2. The smallest absolute Gasteiger partial charge is 0.407 e. The molecule has 4 amide bonds. The zero-order valence-electron chi connectivity index (χ0n) is 37.0. The van der Waals surface area contributed by atoms with E-state index in [2.05, 4.69) is 20.6 Å². The van der Waals surface area contributed by atoms with Crippen molar-refractivity contribution >= 4 is 24.0 Å². The number of likely N-dealkylation sites (tertiary alicyclic amines) is 2. The summed E-state index contributed by atoms with van der Waals surface area (Å²) in [7, 11) is 2.53. The van der Waals surface area contributed by atoms with Gasteiger partial charge in [-0.2, -0.15) is 8.78 Å². The fourth-order valence-electron chi connectivity index (χ4n) is 10.5. The number of ether oxygens (including phenoxy) is 4. The van der Waals surface area contributed by atoms with Gasteiger partial charge >= 0.3 is 12.2 Å². The molecule has 8 atom stereocenters. The summed E-state index contributed by atoms with van der Waals surface area (Å²) in [5.74, 6) is -0.905. The Kier molecular flexibility index (Phi) is 12.6. The van der Waals surface area contributed by atoms with Crippen molar-refractivity contribution in [3.63, 3.8) is 0 Å². The summed E-state index contributed by atoms with van der Waals surface area (Å²) in [5, 5.41) is 5.54. The molecule has 346 valence electrons. The SMILES string of the molecule is COC(=O)N[C@H](C(=O)N1C2CC2C[C@H]1c1nc(-c2ccc(-c3ccc(-c4nc([C@@H]5C[C@@H](C)[C@@H](C)N5C(=O)[C@@H](NC(=O)OC)C5CCOCC5)[nH]c4F)cc3)cc2)c(F)[nH]1)C1CCOCC1. The third kappa shape index (κ3) is 8.81. The second kappa shape index (κ2) is 18.5. The summed E-state index contributed by atoms with van der Waals surface area (Å²) in [4.78, 5) is 71.9. The average Bonchev–Trinajstić information content (AvgIpc) is 3.57. The molecule has 6 heterocycles. The van der Waals surface area contributed by atoms with Crippen molar-refractivity contribution < 1.29 is 46.9 Å². The molecule has 4 aliphatic heterocycles. The maximum atomic E-state index is 15.8. The number of piperidine rings is 1. The van der Waals surface area contributed by atoms with E-state index in [4.69, 9.17) is 28.9 Å². The molecule has 5 aliphatic rings. The van der Waals surface area contributed by atoms with Crippen molar-refractivity contribution in [1.29, 1.82) is 0 Å². The number of carbonyl (C=O) groups is 4. The van der Waals surface area contributed by atoms with Crippen molar-refractivity contribution in [2.24, 2.45) is 23.7 Å². The van der Waals surface area contributed by atoms with Crippen LogP contribution < -0.4 is 10.6 Å². The summed E-state index contributed by atoms with van der Waals surface area (Å²) >= 11 is 0. The van der Waals surface area contributed by atoms with Crippen molar-refractivity contribution in [2.75, 3.05) is 40.6 Å². The molecule has 4 saturated heterocycles. The van der Waals surface area contributed by atoms with Crippen LogP contribution in [0.5, 0.6) is 0 Å². The number of benzene rings is 2. The first-order chi connectivity index (χ1) is 31.4.